The quantitative estimate of drug-likeness (QED) is 0.570. The van der Waals surface area contributed by atoms with Gasteiger partial charge in [0.2, 0.25) is 0 Å². The third-order valence-corrected chi connectivity index (χ3v) is 12.4. The van der Waals surface area contributed by atoms with E-state index in [2.05, 4.69) is 72.0 Å². The molecule has 4 nitrogen and oxygen atoms in total. The molecule has 29 heavy (non-hydrogen) atoms. The summed E-state index contributed by atoms with van der Waals surface area (Å²) in [5, 5.41) is 0.194. The highest BCUT2D eigenvalue weighted by Crippen LogP contribution is 2.60. The lowest BCUT2D eigenvalue weighted by Gasteiger charge is -2.52. The number of benzene rings is 1. The smallest absolute Gasteiger partial charge is 0.192 e. The molecule has 4 rings (SSSR count). The predicted molar refractivity (Wildman–Crippen MR) is 117 cm³/mol. The lowest BCUT2D eigenvalue weighted by Crippen LogP contribution is -2.54. The molecule has 2 unspecified atom stereocenters. The van der Waals surface area contributed by atoms with Crippen LogP contribution < -0.4 is 0 Å². The highest BCUT2D eigenvalue weighted by molar-refractivity contribution is 6.74. The van der Waals surface area contributed by atoms with Crippen LogP contribution in [-0.2, 0) is 24.2 Å². The minimum Gasteiger partial charge on any atom is -0.414 e. The molecule has 2 spiro atoms. The molecule has 5 heteroatoms. The minimum absolute atomic E-state index is 0.00408. The Kier molecular flexibility index (Phi) is 5.11. The molecule has 0 bridgehead atoms. The molecule has 3 aliphatic rings. The molecule has 2 aliphatic heterocycles. The SMILES string of the molecule is CC1(C)CC2(CCC13OCCO3)OC(CO[Si](C)(C)C(C)(C)C)c1ccccc12. The molecular weight excluding hydrogens is 380 g/mol. The summed E-state index contributed by atoms with van der Waals surface area (Å²) in [5.41, 5.74) is 2.24. The maximum Gasteiger partial charge on any atom is 0.192 e. The average Bonchev–Trinajstić information content (AvgIpc) is 3.21. The third kappa shape index (κ3) is 3.43. The molecular formula is C24H38O4Si. The fourth-order valence-corrected chi connectivity index (χ4v) is 6.18. The Morgan fingerprint density at radius 3 is 2.34 bits per heavy atom. The summed E-state index contributed by atoms with van der Waals surface area (Å²) in [4.78, 5) is 0. The normalized spacial score (nSPS) is 30.8. The summed E-state index contributed by atoms with van der Waals surface area (Å²) in [6, 6.07) is 8.75. The van der Waals surface area contributed by atoms with Crippen LogP contribution in [0.25, 0.3) is 0 Å². The van der Waals surface area contributed by atoms with E-state index in [4.69, 9.17) is 18.6 Å². The van der Waals surface area contributed by atoms with Gasteiger partial charge in [-0.05, 0) is 42.1 Å². The van der Waals surface area contributed by atoms with Gasteiger partial charge < -0.3 is 18.6 Å². The Morgan fingerprint density at radius 2 is 1.72 bits per heavy atom. The molecule has 1 aromatic carbocycles. The van der Waals surface area contributed by atoms with Crippen LogP contribution in [-0.4, -0.2) is 33.9 Å². The summed E-state index contributed by atoms with van der Waals surface area (Å²) < 4.78 is 25.8. The highest BCUT2D eigenvalue weighted by atomic mass is 28.4. The first-order chi connectivity index (χ1) is 13.4. The van der Waals surface area contributed by atoms with E-state index in [0.29, 0.717) is 19.8 Å². The Bertz CT molecular complexity index is 760. The van der Waals surface area contributed by atoms with Crippen molar-refractivity contribution in [3.8, 4) is 0 Å². The van der Waals surface area contributed by atoms with Crippen molar-refractivity contribution in [2.24, 2.45) is 5.41 Å². The second kappa shape index (κ2) is 6.89. The van der Waals surface area contributed by atoms with E-state index in [-0.39, 0.29) is 22.2 Å². The Morgan fingerprint density at radius 1 is 1.07 bits per heavy atom. The van der Waals surface area contributed by atoms with Crippen molar-refractivity contribution < 1.29 is 18.6 Å². The summed E-state index contributed by atoms with van der Waals surface area (Å²) >= 11 is 0. The summed E-state index contributed by atoms with van der Waals surface area (Å²) in [7, 11) is -1.83. The van der Waals surface area contributed by atoms with Crippen molar-refractivity contribution >= 4 is 8.32 Å². The third-order valence-electron chi connectivity index (χ3n) is 7.94. The van der Waals surface area contributed by atoms with Crippen LogP contribution in [0, 0.1) is 5.41 Å². The predicted octanol–water partition coefficient (Wildman–Crippen LogP) is 5.93. The number of hydrogen-bond donors (Lipinski definition) is 0. The van der Waals surface area contributed by atoms with E-state index < -0.39 is 14.1 Å². The van der Waals surface area contributed by atoms with Crippen LogP contribution in [0.4, 0.5) is 0 Å². The van der Waals surface area contributed by atoms with Crippen molar-refractivity contribution in [2.75, 3.05) is 19.8 Å². The fourth-order valence-electron chi connectivity index (χ4n) is 5.18. The van der Waals surface area contributed by atoms with E-state index >= 15 is 0 Å². The molecule has 1 aromatic rings. The largest absolute Gasteiger partial charge is 0.414 e. The standard InChI is InChI=1S/C24H38O4Si/c1-21(2,3)29(6,7)27-16-20-18-10-8-9-11-19(18)23(28-20)12-13-24(22(4,5)17-23)25-14-15-26-24/h8-11,20H,12-17H2,1-7H3. The number of fused-ring (bicyclic) bond motifs is 2. The maximum absolute atomic E-state index is 6.89. The monoisotopic (exact) mass is 418 g/mol. The van der Waals surface area contributed by atoms with Gasteiger partial charge in [-0.25, -0.2) is 0 Å². The van der Waals surface area contributed by atoms with Crippen molar-refractivity contribution in [1.82, 2.24) is 0 Å². The molecule has 1 aliphatic carbocycles. The van der Waals surface area contributed by atoms with Gasteiger partial charge in [-0.15, -0.1) is 0 Å². The molecule has 0 radical (unpaired) electrons. The van der Waals surface area contributed by atoms with Crippen LogP contribution in [0.3, 0.4) is 0 Å². The van der Waals surface area contributed by atoms with Crippen LogP contribution in [0.15, 0.2) is 24.3 Å². The highest BCUT2D eigenvalue weighted by Gasteiger charge is 2.61. The van der Waals surface area contributed by atoms with Crippen molar-refractivity contribution in [3.63, 3.8) is 0 Å². The number of hydrogen-bond acceptors (Lipinski definition) is 4. The van der Waals surface area contributed by atoms with E-state index in [1.165, 1.54) is 11.1 Å². The Hall–Kier alpha value is -0.723. The van der Waals surface area contributed by atoms with Crippen LogP contribution in [0.5, 0.6) is 0 Å². The summed E-state index contributed by atoms with van der Waals surface area (Å²) in [5.74, 6) is -0.466. The average molecular weight is 419 g/mol. The van der Waals surface area contributed by atoms with E-state index in [9.17, 15) is 0 Å². The fraction of sp³-hybridized carbons (Fsp3) is 0.750. The second-order valence-electron chi connectivity index (χ2n) is 11.3. The minimum atomic E-state index is -1.83. The van der Waals surface area contributed by atoms with Gasteiger partial charge >= 0.3 is 0 Å². The van der Waals surface area contributed by atoms with Gasteiger partial charge in [0.25, 0.3) is 0 Å². The zero-order valence-corrected chi connectivity index (χ0v) is 20.3. The lowest BCUT2D eigenvalue weighted by atomic mass is 9.63. The van der Waals surface area contributed by atoms with Crippen LogP contribution in [0.2, 0.25) is 18.1 Å². The zero-order chi connectivity index (χ0) is 21.1. The summed E-state index contributed by atoms with van der Waals surface area (Å²) in [6.07, 6.45) is 2.68. The Labute approximate surface area is 177 Å². The van der Waals surface area contributed by atoms with Gasteiger partial charge in [0.1, 0.15) is 6.10 Å². The molecule has 2 atom stereocenters. The van der Waals surface area contributed by atoms with E-state index in [0.717, 1.165) is 19.3 Å². The van der Waals surface area contributed by atoms with Crippen molar-refractivity contribution in [1.29, 1.82) is 0 Å². The first kappa shape index (κ1) is 21.5. The first-order valence-electron chi connectivity index (χ1n) is 11.1. The van der Waals surface area contributed by atoms with Crippen LogP contribution >= 0.6 is 0 Å². The van der Waals surface area contributed by atoms with Crippen molar-refractivity contribution in [3.05, 3.63) is 35.4 Å². The van der Waals surface area contributed by atoms with Gasteiger partial charge in [0.05, 0.1) is 25.4 Å². The van der Waals surface area contributed by atoms with Gasteiger partial charge in [0.15, 0.2) is 14.1 Å². The van der Waals surface area contributed by atoms with E-state index in [1.54, 1.807) is 0 Å². The summed E-state index contributed by atoms with van der Waals surface area (Å²) in [6.45, 7) is 18.0. The lowest BCUT2D eigenvalue weighted by molar-refractivity contribution is -0.281. The van der Waals surface area contributed by atoms with Crippen molar-refractivity contribution in [2.45, 2.75) is 89.5 Å². The molecule has 1 saturated carbocycles. The molecule has 0 N–H and O–H groups in total. The molecule has 0 aromatic heterocycles. The van der Waals surface area contributed by atoms with Gasteiger partial charge in [-0.2, -0.15) is 0 Å². The van der Waals surface area contributed by atoms with Crippen LogP contribution in [0.1, 0.15) is 71.1 Å². The topological polar surface area (TPSA) is 36.9 Å². The van der Waals surface area contributed by atoms with E-state index in [1.807, 2.05) is 0 Å². The number of rotatable bonds is 3. The molecule has 2 heterocycles. The Balaban J connectivity index is 1.59. The van der Waals surface area contributed by atoms with Gasteiger partial charge in [0, 0.05) is 11.8 Å². The molecule has 1 saturated heterocycles. The molecule has 2 fully saturated rings. The molecule has 162 valence electrons. The van der Waals surface area contributed by atoms with Gasteiger partial charge in [-0.1, -0.05) is 58.9 Å². The first-order valence-corrected chi connectivity index (χ1v) is 14.0. The number of ether oxygens (including phenoxy) is 3. The zero-order valence-electron chi connectivity index (χ0n) is 19.3. The van der Waals surface area contributed by atoms with Gasteiger partial charge in [-0.3, -0.25) is 0 Å². The molecule has 0 amide bonds. The maximum atomic E-state index is 6.89. The second-order valence-corrected chi connectivity index (χ2v) is 16.1.